The van der Waals surface area contributed by atoms with Crippen molar-refractivity contribution < 1.29 is 4.79 Å². The molecule has 110 valence electrons. The first-order valence-electron chi connectivity index (χ1n) is 7.06. The maximum absolute atomic E-state index is 12.1. The van der Waals surface area contributed by atoms with Gasteiger partial charge in [0.15, 0.2) is 0 Å². The number of nitrogens with one attached hydrogen (secondary N) is 2. The average molecular weight is 357 g/mol. The monoisotopic (exact) mass is 356 g/mol. The Labute approximate surface area is 133 Å². The molecule has 1 fully saturated rings. The minimum atomic E-state index is -0.0623. The molecule has 20 heavy (non-hydrogen) atoms. The lowest BCUT2D eigenvalue weighted by atomic mass is 10.00. The Hall–Kier alpha value is -0.520. The zero-order valence-corrected chi connectivity index (χ0v) is 14.1. The van der Waals surface area contributed by atoms with E-state index in [1.165, 1.54) is 12.8 Å². The van der Waals surface area contributed by atoms with Crippen molar-refractivity contribution in [3.8, 4) is 0 Å². The fourth-order valence-corrected chi connectivity index (χ4v) is 3.41. The number of amides is 1. The first-order valence-corrected chi connectivity index (χ1v) is 8.73. The summed E-state index contributed by atoms with van der Waals surface area (Å²) in [5.74, 6) is 0.709. The van der Waals surface area contributed by atoms with Gasteiger partial charge in [-0.05, 0) is 63.0 Å². The van der Waals surface area contributed by atoms with Crippen molar-refractivity contribution in [1.82, 2.24) is 10.6 Å². The number of benzene rings is 1. The number of halogens is 1. The molecule has 2 unspecified atom stereocenters. The van der Waals surface area contributed by atoms with Crippen molar-refractivity contribution in [1.29, 1.82) is 0 Å². The summed E-state index contributed by atoms with van der Waals surface area (Å²) in [4.78, 5) is 13.2. The Bertz CT molecular complexity index is 432. The minimum Gasteiger partial charge on any atom is -0.355 e. The van der Waals surface area contributed by atoms with E-state index in [1.807, 2.05) is 31.2 Å². The number of carbonyl (C=O) groups excluding carboxylic acids is 1. The van der Waals surface area contributed by atoms with Crippen molar-refractivity contribution in [2.75, 3.05) is 19.6 Å². The van der Waals surface area contributed by atoms with E-state index in [9.17, 15) is 4.79 Å². The van der Waals surface area contributed by atoms with E-state index in [0.717, 1.165) is 29.0 Å². The summed E-state index contributed by atoms with van der Waals surface area (Å²) >= 11 is 5.01. The van der Waals surface area contributed by atoms with E-state index in [2.05, 4.69) is 26.6 Å². The van der Waals surface area contributed by atoms with Crippen LogP contribution in [0, 0.1) is 5.92 Å². The number of piperidine rings is 1. The second kappa shape index (κ2) is 8.05. The van der Waals surface area contributed by atoms with Crippen LogP contribution in [-0.2, 0) is 4.79 Å². The third kappa shape index (κ3) is 5.11. The van der Waals surface area contributed by atoms with Gasteiger partial charge in [-0.15, -0.1) is 11.8 Å². The van der Waals surface area contributed by atoms with Gasteiger partial charge in [0.1, 0.15) is 0 Å². The molecule has 1 amide bonds. The molecule has 0 spiro atoms. The van der Waals surface area contributed by atoms with Crippen LogP contribution in [0.3, 0.4) is 0 Å². The average Bonchev–Trinajstić information content (AvgIpc) is 2.48. The van der Waals surface area contributed by atoms with Crippen molar-refractivity contribution in [3.05, 3.63) is 28.7 Å². The van der Waals surface area contributed by atoms with Crippen LogP contribution in [-0.4, -0.2) is 30.8 Å². The fourth-order valence-electron chi connectivity index (χ4n) is 2.26. The van der Waals surface area contributed by atoms with Crippen LogP contribution in [0.2, 0.25) is 0 Å². The molecule has 2 rings (SSSR count). The highest BCUT2D eigenvalue weighted by atomic mass is 79.9. The van der Waals surface area contributed by atoms with Gasteiger partial charge in [-0.1, -0.05) is 15.9 Å². The fraction of sp³-hybridized carbons (Fsp3) is 0.533. The summed E-state index contributed by atoms with van der Waals surface area (Å²) in [5, 5.41) is 6.38. The molecular weight excluding hydrogens is 336 g/mol. The van der Waals surface area contributed by atoms with Gasteiger partial charge in [0, 0.05) is 15.9 Å². The Morgan fingerprint density at radius 3 is 2.90 bits per heavy atom. The molecule has 1 saturated heterocycles. The van der Waals surface area contributed by atoms with Crippen LogP contribution in [0.25, 0.3) is 0 Å². The Kier molecular flexibility index (Phi) is 6.39. The van der Waals surface area contributed by atoms with Crippen LogP contribution >= 0.6 is 27.7 Å². The lowest BCUT2D eigenvalue weighted by Crippen LogP contribution is -2.40. The van der Waals surface area contributed by atoms with Gasteiger partial charge in [0.2, 0.25) is 5.91 Å². The van der Waals surface area contributed by atoms with Crippen molar-refractivity contribution in [3.63, 3.8) is 0 Å². The number of carbonyl (C=O) groups is 1. The number of rotatable bonds is 5. The molecule has 1 aliphatic rings. The van der Waals surface area contributed by atoms with Crippen LogP contribution in [0.4, 0.5) is 0 Å². The number of thioether (sulfide) groups is 1. The SMILES string of the molecule is CC(Sc1ccc(Br)cc1)C(=O)NCC1CCCNC1. The lowest BCUT2D eigenvalue weighted by Gasteiger charge is -2.23. The highest BCUT2D eigenvalue weighted by Gasteiger charge is 2.17. The highest BCUT2D eigenvalue weighted by Crippen LogP contribution is 2.24. The molecule has 3 nitrogen and oxygen atoms in total. The van der Waals surface area contributed by atoms with E-state index in [1.54, 1.807) is 11.8 Å². The van der Waals surface area contributed by atoms with Gasteiger partial charge in [-0.2, -0.15) is 0 Å². The largest absolute Gasteiger partial charge is 0.355 e. The predicted octanol–water partition coefficient (Wildman–Crippen LogP) is 3.05. The molecule has 0 saturated carbocycles. The molecule has 2 atom stereocenters. The quantitative estimate of drug-likeness (QED) is 0.796. The first-order chi connectivity index (χ1) is 9.65. The number of hydrogen-bond donors (Lipinski definition) is 2. The summed E-state index contributed by atoms with van der Waals surface area (Å²) in [6.07, 6.45) is 2.42. The standard InChI is InChI=1S/C15H21BrN2OS/c1-11(20-14-6-4-13(16)5-7-14)15(19)18-10-12-3-2-8-17-9-12/h4-7,11-12,17H,2-3,8-10H2,1H3,(H,18,19). The summed E-state index contributed by atoms with van der Waals surface area (Å²) < 4.78 is 1.06. The maximum atomic E-state index is 12.1. The first kappa shape index (κ1) is 15.9. The number of hydrogen-bond acceptors (Lipinski definition) is 3. The van der Waals surface area contributed by atoms with Gasteiger partial charge in [-0.3, -0.25) is 4.79 Å². The van der Waals surface area contributed by atoms with Gasteiger partial charge >= 0.3 is 0 Å². The molecule has 1 aliphatic heterocycles. The molecule has 0 radical (unpaired) electrons. The van der Waals surface area contributed by atoms with E-state index in [4.69, 9.17) is 0 Å². The normalized spacial score (nSPS) is 20.4. The smallest absolute Gasteiger partial charge is 0.233 e. The summed E-state index contributed by atoms with van der Waals surface area (Å²) in [6, 6.07) is 8.06. The molecule has 0 bridgehead atoms. The van der Waals surface area contributed by atoms with E-state index in [0.29, 0.717) is 5.92 Å². The third-order valence-corrected chi connectivity index (χ3v) is 5.10. The molecule has 2 N–H and O–H groups in total. The molecule has 1 aromatic rings. The molecular formula is C15H21BrN2OS. The lowest BCUT2D eigenvalue weighted by molar-refractivity contribution is -0.120. The zero-order valence-electron chi connectivity index (χ0n) is 11.7. The highest BCUT2D eigenvalue weighted by molar-refractivity contribution is 9.10. The van der Waals surface area contributed by atoms with Gasteiger partial charge in [-0.25, -0.2) is 0 Å². The minimum absolute atomic E-state index is 0.0623. The van der Waals surface area contributed by atoms with E-state index < -0.39 is 0 Å². The Morgan fingerprint density at radius 1 is 1.50 bits per heavy atom. The Morgan fingerprint density at radius 2 is 2.25 bits per heavy atom. The second-order valence-electron chi connectivity index (χ2n) is 5.17. The van der Waals surface area contributed by atoms with Crippen LogP contribution in [0.5, 0.6) is 0 Å². The summed E-state index contributed by atoms with van der Waals surface area (Å²) in [7, 11) is 0. The van der Waals surface area contributed by atoms with Crippen molar-refractivity contribution in [2.45, 2.75) is 29.9 Å². The zero-order chi connectivity index (χ0) is 14.4. The van der Waals surface area contributed by atoms with Crippen LogP contribution < -0.4 is 10.6 Å². The van der Waals surface area contributed by atoms with E-state index >= 15 is 0 Å². The molecule has 0 aliphatic carbocycles. The molecule has 1 aromatic carbocycles. The summed E-state index contributed by atoms with van der Waals surface area (Å²) in [5.41, 5.74) is 0. The van der Waals surface area contributed by atoms with Crippen molar-refractivity contribution >= 4 is 33.6 Å². The van der Waals surface area contributed by atoms with E-state index in [-0.39, 0.29) is 11.2 Å². The Balaban J connectivity index is 1.75. The molecule has 5 heteroatoms. The summed E-state index contributed by atoms with van der Waals surface area (Å²) in [6.45, 7) is 4.88. The van der Waals surface area contributed by atoms with Gasteiger partial charge in [0.25, 0.3) is 0 Å². The van der Waals surface area contributed by atoms with Crippen molar-refractivity contribution in [2.24, 2.45) is 5.92 Å². The van der Waals surface area contributed by atoms with Crippen LogP contribution in [0.1, 0.15) is 19.8 Å². The third-order valence-electron chi connectivity index (χ3n) is 3.46. The molecule has 0 aromatic heterocycles. The second-order valence-corrected chi connectivity index (χ2v) is 7.50. The van der Waals surface area contributed by atoms with Crippen LogP contribution in [0.15, 0.2) is 33.6 Å². The predicted molar refractivity (Wildman–Crippen MR) is 88.1 cm³/mol. The topological polar surface area (TPSA) is 41.1 Å². The maximum Gasteiger partial charge on any atom is 0.233 e. The van der Waals surface area contributed by atoms with Gasteiger partial charge in [0.05, 0.1) is 5.25 Å². The van der Waals surface area contributed by atoms with Gasteiger partial charge < -0.3 is 10.6 Å². The molecule has 1 heterocycles.